The van der Waals surface area contributed by atoms with Crippen molar-refractivity contribution in [3.8, 4) is 0 Å². The van der Waals surface area contributed by atoms with Crippen LogP contribution in [0.25, 0.3) is 0 Å². The smallest absolute Gasteiger partial charge is 0.326 e. The van der Waals surface area contributed by atoms with Crippen molar-refractivity contribution in [2.45, 2.75) is 125 Å². The third-order valence-electron chi connectivity index (χ3n) is 13.6. The molecule has 5 rings (SSSR count). The van der Waals surface area contributed by atoms with Crippen molar-refractivity contribution in [3.05, 3.63) is 69.7 Å². The van der Waals surface area contributed by atoms with Gasteiger partial charge in [-0.05, 0) is 99.6 Å². The van der Waals surface area contributed by atoms with Gasteiger partial charge in [-0.15, -0.1) is 0 Å². The summed E-state index contributed by atoms with van der Waals surface area (Å²) in [6.45, 7) is -0.577. The minimum Gasteiger partial charge on any atom is -0.480 e. The first-order valence-electron chi connectivity index (χ1n) is 25.8. The average molecular weight is 1130 g/mol. The standard InChI is InChI=1S/C50H71Cl2N15O11/c51-30-15-11-28(12-16-30)24-34(61-40(69)26-60-43(72)37-8-3-22-66(37)47(76)39-10-5-23-67(39)45(74)32(53)6-1-19-58-49(54)55)41(70)64-36(27-68)46(75)65-21-4-9-38(65)44(73)63-35(25-29-13-17-31(52)18-14-29)42(71)62-33(48(77)78)7-2-20-59-50(56)57/h11-18,32-39,68H,1-10,19-27,53H2,(H,60,72)(H,61,69)(H,62,71)(H,63,73)(H,64,70)(H,77,78)(H4,54,55,58)(H4,56,57,59)/t32-,33-,34+,35-,36-,37+,38-,39+/m0/s1. The maximum Gasteiger partial charge on any atom is 0.326 e. The van der Waals surface area contributed by atoms with Crippen molar-refractivity contribution in [2.24, 2.45) is 38.7 Å². The largest absolute Gasteiger partial charge is 0.480 e. The molecule has 2 aromatic carbocycles. The molecule has 8 amide bonds. The Labute approximate surface area is 461 Å². The molecule has 0 spiro atoms. The number of carbonyl (C=O) groups excluding carboxylic acids is 8. The molecular formula is C50H71Cl2N15O11. The number of rotatable bonds is 27. The van der Waals surface area contributed by atoms with E-state index in [0.717, 1.165) is 4.90 Å². The summed E-state index contributed by atoms with van der Waals surface area (Å²) >= 11 is 12.2. The number of aliphatic carboxylic acids is 1. The molecule has 0 radical (unpaired) electrons. The summed E-state index contributed by atoms with van der Waals surface area (Å²) in [5, 5.41) is 34.0. The van der Waals surface area contributed by atoms with Gasteiger partial charge in [0.25, 0.3) is 0 Å². The number of halogens is 2. The van der Waals surface area contributed by atoms with Crippen LogP contribution < -0.4 is 55.3 Å². The third-order valence-corrected chi connectivity index (χ3v) is 14.1. The number of hydrogen-bond donors (Lipinski definition) is 12. The summed E-state index contributed by atoms with van der Waals surface area (Å²) in [7, 11) is 0. The number of guanidine groups is 2. The van der Waals surface area contributed by atoms with Crippen molar-refractivity contribution in [3.63, 3.8) is 0 Å². The predicted octanol–water partition coefficient (Wildman–Crippen LogP) is -2.68. The Balaban J connectivity index is 1.23. The van der Waals surface area contributed by atoms with Crippen molar-refractivity contribution < 1.29 is 53.4 Å². The number of benzene rings is 2. The van der Waals surface area contributed by atoms with E-state index in [2.05, 4.69) is 36.6 Å². The molecule has 26 nitrogen and oxygen atoms in total. The second-order valence-electron chi connectivity index (χ2n) is 19.3. The van der Waals surface area contributed by atoms with E-state index in [1.54, 1.807) is 48.5 Å². The van der Waals surface area contributed by atoms with Gasteiger partial charge in [0.15, 0.2) is 11.9 Å². The molecule has 3 saturated heterocycles. The zero-order valence-corrected chi connectivity index (χ0v) is 44.6. The maximum absolute atomic E-state index is 14.2. The van der Waals surface area contributed by atoms with Gasteiger partial charge in [-0.25, -0.2) is 4.79 Å². The van der Waals surface area contributed by atoms with Crippen molar-refractivity contribution in [1.29, 1.82) is 0 Å². The van der Waals surface area contributed by atoms with Gasteiger partial charge in [-0.3, -0.25) is 48.3 Å². The number of nitrogens with two attached hydrogens (primary N) is 5. The molecule has 78 heavy (non-hydrogen) atoms. The van der Waals surface area contributed by atoms with Crippen LogP contribution in [0.4, 0.5) is 0 Å². The second kappa shape index (κ2) is 30.0. The van der Waals surface area contributed by atoms with Crippen LogP contribution in [-0.2, 0) is 56.0 Å². The zero-order valence-electron chi connectivity index (χ0n) is 43.1. The Kier molecular flexibility index (Phi) is 23.7. The highest BCUT2D eigenvalue weighted by Gasteiger charge is 2.44. The van der Waals surface area contributed by atoms with Crippen LogP contribution in [0.3, 0.4) is 0 Å². The van der Waals surface area contributed by atoms with E-state index in [1.165, 1.54) is 9.80 Å². The molecule has 3 heterocycles. The molecule has 3 fully saturated rings. The van der Waals surface area contributed by atoms with E-state index in [1.807, 2.05) is 0 Å². The minimum atomic E-state index is -1.62. The van der Waals surface area contributed by atoms with Crippen molar-refractivity contribution >= 4 is 88.3 Å². The van der Waals surface area contributed by atoms with E-state index < -0.39 is 115 Å². The maximum atomic E-state index is 14.2. The molecule has 17 N–H and O–H groups in total. The molecule has 3 aliphatic rings. The molecule has 3 aliphatic heterocycles. The Bertz CT molecular complexity index is 2510. The number of hydrogen-bond acceptors (Lipinski definition) is 13. The quantitative estimate of drug-likeness (QED) is 0.0246. The average Bonchev–Trinajstić information content (AvgIpc) is 4.23. The highest BCUT2D eigenvalue weighted by molar-refractivity contribution is 6.30. The fourth-order valence-corrected chi connectivity index (χ4v) is 9.81. The number of carbonyl (C=O) groups is 9. The Morgan fingerprint density at radius 2 is 1.05 bits per heavy atom. The van der Waals surface area contributed by atoms with E-state index in [4.69, 9.17) is 51.9 Å². The number of aliphatic imine (C=N–C) groups is 2. The minimum absolute atomic E-state index is 0.0247. The summed E-state index contributed by atoms with van der Waals surface area (Å²) < 4.78 is 0. The van der Waals surface area contributed by atoms with Gasteiger partial charge in [-0.1, -0.05) is 47.5 Å². The van der Waals surface area contributed by atoms with Gasteiger partial charge in [0.1, 0.15) is 42.3 Å². The molecule has 426 valence electrons. The Morgan fingerprint density at radius 3 is 1.56 bits per heavy atom. The lowest BCUT2D eigenvalue weighted by molar-refractivity contribution is -0.147. The molecule has 0 bridgehead atoms. The van der Waals surface area contributed by atoms with Gasteiger partial charge < -0.3 is 80.2 Å². The number of aliphatic hydroxyl groups excluding tert-OH is 1. The fourth-order valence-electron chi connectivity index (χ4n) is 9.56. The van der Waals surface area contributed by atoms with Gasteiger partial charge in [0.2, 0.25) is 47.3 Å². The fraction of sp³-hybridized carbons (Fsp3) is 0.540. The first kappa shape index (κ1) is 61.6. The Hall–Kier alpha value is -7.29. The van der Waals surface area contributed by atoms with Crippen LogP contribution in [0.15, 0.2) is 58.5 Å². The lowest BCUT2D eigenvalue weighted by Gasteiger charge is -2.32. The van der Waals surface area contributed by atoms with Gasteiger partial charge in [0.05, 0.1) is 19.2 Å². The van der Waals surface area contributed by atoms with Crippen LogP contribution in [-0.4, -0.2) is 184 Å². The number of carboxylic acids is 1. The topological polar surface area (TPSA) is 419 Å². The van der Waals surface area contributed by atoms with E-state index in [9.17, 15) is 53.4 Å². The molecule has 0 aromatic heterocycles. The molecule has 0 saturated carbocycles. The van der Waals surface area contributed by atoms with Crippen molar-refractivity contribution in [2.75, 3.05) is 45.9 Å². The summed E-state index contributed by atoms with van der Waals surface area (Å²) in [5.41, 5.74) is 28.8. The number of nitrogens with zero attached hydrogens (tertiary/aromatic N) is 5. The summed E-state index contributed by atoms with van der Waals surface area (Å²) in [6, 6.07) is 3.20. The number of aliphatic hydroxyl groups is 1. The summed E-state index contributed by atoms with van der Waals surface area (Å²) in [5.74, 6) is -7.19. The first-order valence-corrected chi connectivity index (χ1v) is 26.5. The number of carboxylic acid groups (broad SMARTS) is 1. The van der Waals surface area contributed by atoms with E-state index in [-0.39, 0.29) is 83.0 Å². The highest BCUT2D eigenvalue weighted by Crippen LogP contribution is 2.26. The van der Waals surface area contributed by atoms with Crippen LogP contribution in [0.1, 0.15) is 75.3 Å². The van der Waals surface area contributed by atoms with Crippen LogP contribution in [0.2, 0.25) is 10.0 Å². The second-order valence-corrected chi connectivity index (χ2v) is 20.1. The molecular weight excluding hydrogens is 1060 g/mol. The number of nitrogens with one attached hydrogen (secondary N) is 5. The molecule has 0 unspecified atom stereocenters. The SMILES string of the molecule is NC(N)=NCCC[C@H](NC(=O)[C@H](Cc1ccc(Cl)cc1)NC(=O)[C@@H]1CCCN1C(=O)[C@H](CO)NC(=O)[C@@H](Cc1ccc(Cl)cc1)NC(=O)CNC(=O)[C@H]1CCCN1C(=O)[C@H]1CCCN1C(=O)[C@@H](N)CCCN=C(N)N)C(=O)O. The first-order chi connectivity index (χ1) is 37.2. The highest BCUT2D eigenvalue weighted by atomic mass is 35.5. The molecule has 2 aromatic rings. The summed E-state index contributed by atoms with van der Waals surface area (Å²) in [4.78, 5) is 135. The van der Waals surface area contributed by atoms with E-state index in [0.29, 0.717) is 59.8 Å². The molecule has 8 atom stereocenters. The Morgan fingerprint density at radius 1 is 0.590 bits per heavy atom. The zero-order chi connectivity index (χ0) is 57.1. The molecule has 28 heteroatoms. The van der Waals surface area contributed by atoms with Crippen molar-refractivity contribution in [1.82, 2.24) is 41.3 Å². The lowest BCUT2D eigenvalue weighted by Crippen LogP contribution is -2.60. The van der Waals surface area contributed by atoms with Crippen LogP contribution >= 0.6 is 23.2 Å². The summed E-state index contributed by atoms with van der Waals surface area (Å²) in [6.07, 6.45) is 2.83. The van der Waals surface area contributed by atoms with Gasteiger partial charge >= 0.3 is 5.97 Å². The van der Waals surface area contributed by atoms with E-state index >= 15 is 0 Å². The lowest BCUT2D eigenvalue weighted by atomic mass is 10.0. The normalized spacial score (nSPS) is 18.8. The monoisotopic (exact) mass is 1130 g/mol. The van der Waals surface area contributed by atoms with Crippen LogP contribution in [0.5, 0.6) is 0 Å². The van der Waals surface area contributed by atoms with Crippen LogP contribution in [0, 0.1) is 0 Å². The predicted molar refractivity (Wildman–Crippen MR) is 288 cm³/mol. The van der Waals surface area contributed by atoms with Gasteiger partial charge in [0, 0.05) is 55.6 Å². The third kappa shape index (κ3) is 18.2. The van der Waals surface area contributed by atoms with Gasteiger partial charge in [-0.2, -0.15) is 0 Å². The number of amides is 8. The number of likely N-dealkylation sites (tertiary alicyclic amines) is 3. The molecule has 0 aliphatic carbocycles.